The molecule has 5 heteroatoms. The van der Waals surface area contributed by atoms with Gasteiger partial charge in [-0.05, 0) is 105 Å². The Balaban J connectivity index is 1.61. The van der Waals surface area contributed by atoms with Crippen molar-refractivity contribution in [3.8, 4) is 0 Å². The Morgan fingerprint density at radius 2 is 1.78 bits per heavy atom. The number of allylic oxidation sites excluding steroid dienone is 4. The molecule has 2 N–H and O–H groups in total. The number of thioether (sulfide) groups is 1. The Hall–Kier alpha value is -0.0731. The van der Waals surface area contributed by atoms with Gasteiger partial charge in [0.1, 0.15) is 0 Å². The molecule has 3 saturated carbocycles. The van der Waals surface area contributed by atoms with E-state index in [1.807, 2.05) is 25.6 Å². The monoisotopic (exact) mass is 548 g/mol. The third-order valence-corrected chi connectivity index (χ3v) is 17.3. The van der Waals surface area contributed by atoms with Gasteiger partial charge >= 0.3 is 0 Å². The van der Waals surface area contributed by atoms with Gasteiger partial charge in [-0.15, -0.1) is 0 Å². The lowest BCUT2D eigenvalue weighted by atomic mass is 9.50. The maximum atomic E-state index is 11.7. The second-order valence-corrected chi connectivity index (χ2v) is 21.7. The first-order valence-electron chi connectivity index (χ1n) is 15.1. The van der Waals surface area contributed by atoms with Crippen LogP contribution >= 0.6 is 11.8 Å². The van der Waals surface area contributed by atoms with E-state index >= 15 is 0 Å². The summed E-state index contributed by atoms with van der Waals surface area (Å²) >= 11 is 1.95. The number of aliphatic hydroxyl groups excluding tert-OH is 1. The summed E-state index contributed by atoms with van der Waals surface area (Å²) in [7, 11) is -1.91. The molecule has 4 aliphatic rings. The molecule has 0 saturated heterocycles. The molecule has 0 unspecified atom stereocenters. The molecule has 3 nitrogen and oxygen atoms in total. The fourth-order valence-corrected chi connectivity index (χ4v) is 10.9. The summed E-state index contributed by atoms with van der Waals surface area (Å²) in [4.78, 5) is 0. The zero-order valence-corrected chi connectivity index (χ0v) is 27.1. The maximum absolute atomic E-state index is 11.7. The molecule has 0 spiro atoms. The fourth-order valence-electron chi connectivity index (χ4n) is 7.99. The van der Waals surface area contributed by atoms with E-state index in [0.717, 1.165) is 18.6 Å². The molecule has 37 heavy (non-hydrogen) atoms. The van der Waals surface area contributed by atoms with Gasteiger partial charge in [-0.2, -0.15) is 11.8 Å². The molecule has 0 aromatic rings. The van der Waals surface area contributed by atoms with Crippen LogP contribution in [0.2, 0.25) is 18.1 Å². The third-order valence-electron chi connectivity index (χ3n) is 11.5. The van der Waals surface area contributed by atoms with Crippen molar-refractivity contribution >= 4 is 20.1 Å². The van der Waals surface area contributed by atoms with E-state index < -0.39 is 13.9 Å². The van der Waals surface area contributed by atoms with E-state index in [-0.39, 0.29) is 27.7 Å². The van der Waals surface area contributed by atoms with Crippen LogP contribution in [-0.2, 0) is 4.43 Å². The highest BCUT2D eigenvalue weighted by Crippen LogP contribution is 2.66. The van der Waals surface area contributed by atoms with Gasteiger partial charge in [0.2, 0.25) is 0 Å². The van der Waals surface area contributed by atoms with Crippen molar-refractivity contribution in [1.29, 1.82) is 0 Å². The lowest BCUT2D eigenvalue weighted by Gasteiger charge is -2.54. The van der Waals surface area contributed by atoms with Crippen LogP contribution in [0.15, 0.2) is 23.3 Å². The highest BCUT2D eigenvalue weighted by molar-refractivity contribution is 7.99. The molecule has 3 fully saturated rings. The number of hydrogen-bond acceptors (Lipinski definition) is 4. The first-order valence-corrected chi connectivity index (χ1v) is 19.0. The smallest absolute Gasteiger partial charge is 0.192 e. The average molecular weight is 549 g/mol. The normalized spacial score (nSPS) is 37.3. The van der Waals surface area contributed by atoms with Gasteiger partial charge in [-0.1, -0.05) is 64.3 Å². The lowest BCUT2D eigenvalue weighted by molar-refractivity contribution is 0.0343. The first kappa shape index (κ1) is 29.9. The molecule has 0 aromatic heterocycles. The van der Waals surface area contributed by atoms with Crippen molar-refractivity contribution in [3.05, 3.63) is 23.3 Å². The van der Waals surface area contributed by atoms with E-state index in [0.29, 0.717) is 23.9 Å². The van der Waals surface area contributed by atoms with Crippen LogP contribution in [0.4, 0.5) is 0 Å². The number of rotatable bonds is 8. The molecular weight excluding hydrogens is 493 g/mol. The van der Waals surface area contributed by atoms with Gasteiger partial charge in [0.15, 0.2) is 8.32 Å². The van der Waals surface area contributed by atoms with Gasteiger partial charge in [0.25, 0.3) is 0 Å². The minimum absolute atomic E-state index is 0.0985. The zero-order chi connectivity index (χ0) is 27.4. The second-order valence-electron chi connectivity index (χ2n) is 15.5. The standard InChI is InChI=1S/C32H56O3SSi/c1-29(2,3)37(8,9)35-21-27(36-19-18-30(4,5)34)28-26(33)20-25-23-14-13-22-12-10-11-16-31(22,6)24(23)15-17-32(25,28)7/h13-14,24-28,33-34H,10-12,15-21H2,1-9H3/t24-,25-,26-,27-,28+,31-,32-/m0/s1. The Morgan fingerprint density at radius 1 is 1.08 bits per heavy atom. The second kappa shape index (κ2) is 10.4. The lowest BCUT2D eigenvalue weighted by Crippen LogP contribution is -2.49. The summed E-state index contributed by atoms with van der Waals surface area (Å²) in [6.45, 7) is 21.2. The highest BCUT2D eigenvalue weighted by atomic mass is 32.2. The van der Waals surface area contributed by atoms with Crippen molar-refractivity contribution in [2.24, 2.45) is 28.6 Å². The van der Waals surface area contributed by atoms with Gasteiger partial charge in [0.05, 0.1) is 11.7 Å². The topological polar surface area (TPSA) is 49.7 Å². The van der Waals surface area contributed by atoms with Crippen LogP contribution in [0, 0.1) is 28.6 Å². The molecule has 0 amide bonds. The van der Waals surface area contributed by atoms with Crippen LogP contribution in [-0.4, -0.2) is 47.8 Å². The van der Waals surface area contributed by atoms with E-state index in [9.17, 15) is 10.2 Å². The van der Waals surface area contributed by atoms with Crippen molar-refractivity contribution in [2.75, 3.05) is 12.4 Å². The zero-order valence-electron chi connectivity index (χ0n) is 25.3. The molecule has 4 rings (SSSR count). The van der Waals surface area contributed by atoms with Crippen LogP contribution in [0.25, 0.3) is 0 Å². The van der Waals surface area contributed by atoms with Gasteiger partial charge < -0.3 is 14.6 Å². The van der Waals surface area contributed by atoms with Gasteiger partial charge in [0, 0.05) is 17.8 Å². The average Bonchev–Trinajstić information content (AvgIpc) is 3.04. The molecule has 0 aromatic carbocycles. The SMILES string of the molecule is CC(C)(O)CCS[C@@H](CO[Si](C)(C)C(C)(C)C)[C@H]1[C@@H](O)C[C@H]2C3=CC=C4CCCC[C@]4(C)[C@H]3CC[C@]12C. The molecule has 4 aliphatic carbocycles. The van der Waals surface area contributed by atoms with Crippen LogP contribution in [0.1, 0.15) is 99.8 Å². The third kappa shape index (κ3) is 5.73. The summed E-state index contributed by atoms with van der Waals surface area (Å²) in [5.74, 6) is 2.24. The van der Waals surface area contributed by atoms with Crippen LogP contribution in [0.5, 0.6) is 0 Å². The van der Waals surface area contributed by atoms with E-state index in [1.54, 1.807) is 11.1 Å². The van der Waals surface area contributed by atoms with Crippen molar-refractivity contribution in [1.82, 2.24) is 0 Å². The highest BCUT2D eigenvalue weighted by Gasteiger charge is 2.60. The largest absolute Gasteiger partial charge is 0.416 e. The minimum atomic E-state index is -1.91. The molecule has 0 heterocycles. The number of hydrogen-bond donors (Lipinski definition) is 2. The summed E-state index contributed by atoms with van der Waals surface area (Å²) in [6, 6.07) is 0. The predicted molar refractivity (Wildman–Crippen MR) is 161 cm³/mol. The maximum Gasteiger partial charge on any atom is 0.192 e. The fraction of sp³-hybridized carbons (Fsp3) is 0.875. The quantitative estimate of drug-likeness (QED) is 0.301. The number of aliphatic hydroxyl groups is 2. The van der Waals surface area contributed by atoms with E-state index in [1.165, 1.54) is 38.5 Å². The predicted octanol–water partition coefficient (Wildman–Crippen LogP) is 8.13. The molecular formula is C32H56O3SSi. The minimum Gasteiger partial charge on any atom is -0.416 e. The molecule has 0 bridgehead atoms. The van der Waals surface area contributed by atoms with Crippen LogP contribution in [0.3, 0.4) is 0 Å². The Morgan fingerprint density at radius 3 is 2.43 bits per heavy atom. The molecule has 0 radical (unpaired) electrons. The van der Waals surface area contributed by atoms with Gasteiger partial charge in [-0.25, -0.2) is 0 Å². The van der Waals surface area contributed by atoms with E-state index in [4.69, 9.17) is 4.43 Å². The van der Waals surface area contributed by atoms with Crippen molar-refractivity contribution < 1.29 is 14.6 Å². The van der Waals surface area contributed by atoms with Gasteiger partial charge in [-0.3, -0.25) is 0 Å². The Bertz CT molecular complexity index is 897. The molecule has 212 valence electrons. The molecule has 7 atom stereocenters. The Labute approximate surface area is 233 Å². The number of fused-ring (bicyclic) bond motifs is 5. The summed E-state index contributed by atoms with van der Waals surface area (Å²) in [5, 5.41) is 22.6. The summed E-state index contributed by atoms with van der Waals surface area (Å²) in [6.07, 6.45) is 14.1. The molecule has 0 aliphatic heterocycles. The summed E-state index contributed by atoms with van der Waals surface area (Å²) in [5.41, 5.74) is 3.10. The van der Waals surface area contributed by atoms with E-state index in [2.05, 4.69) is 59.9 Å². The Kier molecular flexibility index (Phi) is 8.40. The summed E-state index contributed by atoms with van der Waals surface area (Å²) < 4.78 is 6.84. The first-order chi connectivity index (χ1) is 17.0. The van der Waals surface area contributed by atoms with Crippen LogP contribution < -0.4 is 0 Å². The van der Waals surface area contributed by atoms with Crippen molar-refractivity contribution in [3.63, 3.8) is 0 Å². The van der Waals surface area contributed by atoms with Crippen molar-refractivity contribution in [2.45, 2.75) is 135 Å².